The molecule has 184 valence electrons. The van der Waals surface area contributed by atoms with E-state index < -0.39 is 12.0 Å². The van der Waals surface area contributed by atoms with Crippen LogP contribution in [0, 0.1) is 5.92 Å². The molecule has 3 atom stereocenters. The molecular weight excluding hydrogens is 440 g/mol. The first kappa shape index (κ1) is 23.3. The van der Waals surface area contributed by atoms with Gasteiger partial charge in [-0.3, -0.25) is 9.59 Å². The first-order valence-corrected chi connectivity index (χ1v) is 12.5. The zero-order chi connectivity index (χ0) is 23.9. The number of halogens is 2. The summed E-state index contributed by atoms with van der Waals surface area (Å²) in [7, 11) is 0. The molecule has 2 amide bonds. The van der Waals surface area contributed by atoms with Crippen molar-refractivity contribution in [2.24, 2.45) is 5.92 Å². The molecule has 1 aromatic carbocycles. The Bertz CT molecular complexity index is 974. The Morgan fingerprint density at radius 1 is 1.15 bits per heavy atom. The third-order valence-electron chi connectivity index (χ3n) is 7.69. The number of fused-ring (bicyclic) bond motifs is 1. The Kier molecular flexibility index (Phi) is 6.35. The second-order valence-corrected chi connectivity index (χ2v) is 10.3. The fraction of sp³-hybridized carbons (Fsp3) is 0.615. The summed E-state index contributed by atoms with van der Waals surface area (Å²) in [6.07, 6.45) is 6.34. The van der Waals surface area contributed by atoms with Gasteiger partial charge in [0.05, 0.1) is 0 Å². The molecule has 2 aliphatic heterocycles. The van der Waals surface area contributed by atoms with Crippen LogP contribution in [-0.2, 0) is 11.3 Å². The van der Waals surface area contributed by atoms with Crippen LogP contribution >= 0.6 is 0 Å². The number of allylic oxidation sites excluding steroid dienone is 1. The molecule has 2 saturated carbocycles. The average Bonchev–Trinajstić information content (AvgIpc) is 2.93. The zero-order valence-corrected chi connectivity index (χ0v) is 19.5. The molecule has 2 heterocycles. The summed E-state index contributed by atoms with van der Waals surface area (Å²) in [4.78, 5) is 27.0. The van der Waals surface area contributed by atoms with E-state index in [-0.39, 0.29) is 42.7 Å². The largest absolute Gasteiger partial charge is 0.489 e. The molecule has 3 fully saturated rings. The van der Waals surface area contributed by atoms with Crippen molar-refractivity contribution < 1.29 is 23.1 Å². The molecule has 1 saturated heterocycles. The molecule has 8 heteroatoms. The molecule has 0 radical (unpaired) electrons. The first-order chi connectivity index (χ1) is 16.3. The Labute approximate surface area is 199 Å². The normalized spacial score (nSPS) is 29.3. The lowest BCUT2D eigenvalue weighted by Gasteiger charge is -2.37. The summed E-state index contributed by atoms with van der Waals surface area (Å²) in [6.45, 7) is 4.80. The number of carbonyl (C=O) groups excluding carboxylic acids is 2. The number of hydrogen-bond donors (Lipinski definition) is 2. The topological polar surface area (TPSA) is 70.7 Å². The summed E-state index contributed by atoms with van der Waals surface area (Å²) < 4.78 is 32.8. The number of carbonyl (C=O) groups is 2. The molecule has 5 rings (SSSR count). The van der Waals surface area contributed by atoms with E-state index in [0.717, 1.165) is 37.7 Å². The number of nitrogens with zero attached hydrogens (tertiary/aromatic N) is 1. The van der Waals surface area contributed by atoms with Crippen molar-refractivity contribution in [2.75, 3.05) is 6.54 Å². The summed E-state index contributed by atoms with van der Waals surface area (Å²) in [6, 6.07) is 5.19. The smallest absolute Gasteiger partial charge is 0.255 e. The zero-order valence-electron chi connectivity index (χ0n) is 19.5. The molecule has 4 aliphatic rings. The fourth-order valence-electron chi connectivity index (χ4n) is 5.77. The molecule has 0 spiro atoms. The highest BCUT2D eigenvalue weighted by molar-refractivity contribution is 6.01. The van der Waals surface area contributed by atoms with Gasteiger partial charge in [-0.25, -0.2) is 8.78 Å². The van der Waals surface area contributed by atoms with Gasteiger partial charge < -0.3 is 20.3 Å². The molecule has 0 bridgehead atoms. The minimum atomic E-state index is -2.49. The van der Waals surface area contributed by atoms with Gasteiger partial charge in [-0.2, -0.15) is 0 Å². The van der Waals surface area contributed by atoms with E-state index in [1.165, 1.54) is 0 Å². The van der Waals surface area contributed by atoms with Crippen molar-refractivity contribution in [1.82, 2.24) is 15.5 Å². The van der Waals surface area contributed by atoms with Crippen LogP contribution in [0.1, 0.15) is 73.7 Å². The SMILES string of the molecule is C=C1CCC(N2Cc3cc(O[C@H]4CCCCC[C@@H]4NCC4CC(F)(F)C4)ccc3C2=O)C(=O)N1. The van der Waals surface area contributed by atoms with Crippen LogP contribution in [-0.4, -0.2) is 47.4 Å². The third kappa shape index (κ3) is 4.83. The van der Waals surface area contributed by atoms with E-state index >= 15 is 0 Å². The van der Waals surface area contributed by atoms with Crippen molar-refractivity contribution in [3.63, 3.8) is 0 Å². The van der Waals surface area contributed by atoms with E-state index in [2.05, 4.69) is 17.2 Å². The van der Waals surface area contributed by atoms with Crippen LogP contribution in [0.5, 0.6) is 5.75 Å². The van der Waals surface area contributed by atoms with Gasteiger partial charge in [-0.05, 0) is 68.3 Å². The summed E-state index contributed by atoms with van der Waals surface area (Å²) in [5.41, 5.74) is 2.18. The fourth-order valence-corrected chi connectivity index (χ4v) is 5.77. The Hall–Kier alpha value is -2.48. The molecular formula is C26H33F2N3O3. The van der Waals surface area contributed by atoms with Crippen molar-refractivity contribution in [3.05, 3.63) is 41.6 Å². The third-order valence-corrected chi connectivity index (χ3v) is 7.69. The lowest BCUT2D eigenvalue weighted by Crippen LogP contribution is -2.49. The van der Waals surface area contributed by atoms with E-state index in [1.807, 2.05) is 12.1 Å². The van der Waals surface area contributed by atoms with Crippen LogP contribution in [0.2, 0.25) is 0 Å². The number of piperidine rings is 1. The van der Waals surface area contributed by atoms with Crippen LogP contribution < -0.4 is 15.4 Å². The average molecular weight is 474 g/mol. The van der Waals surface area contributed by atoms with Crippen molar-refractivity contribution in [2.45, 2.75) is 88.4 Å². The molecule has 2 N–H and O–H groups in total. The second kappa shape index (κ2) is 9.29. The summed E-state index contributed by atoms with van der Waals surface area (Å²) in [5.74, 6) is -2.05. The Balaban J connectivity index is 1.24. The minimum absolute atomic E-state index is 0.0271. The lowest BCUT2D eigenvalue weighted by atomic mass is 9.81. The first-order valence-electron chi connectivity index (χ1n) is 12.5. The Morgan fingerprint density at radius 3 is 2.71 bits per heavy atom. The van der Waals surface area contributed by atoms with Crippen LogP contribution in [0.25, 0.3) is 0 Å². The molecule has 1 unspecified atom stereocenters. The maximum atomic E-state index is 13.2. The maximum absolute atomic E-state index is 13.2. The van der Waals surface area contributed by atoms with Gasteiger partial charge in [-0.15, -0.1) is 0 Å². The van der Waals surface area contributed by atoms with Gasteiger partial charge in [0.25, 0.3) is 5.91 Å². The maximum Gasteiger partial charge on any atom is 0.255 e. The second-order valence-electron chi connectivity index (χ2n) is 10.3. The Morgan fingerprint density at radius 2 is 1.94 bits per heavy atom. The number of ether oxygens (including phenoxy) is 1. The monoisotopic (exact) mass is 473 g/mol. The molecule has 2 aliphatic carbocycles. The van der Waals surface area contributed by atoms with Gasteiger partial charge in [0.15, 0.2) is 0 Å². The predicted molar refractivity (Wildman–Crippen MR) is 124 cm³/mol. The molecule has 6 nitrogen and oxygen atoms in total. The van der Waals surface area contributed by atoms with Crippen molar-refractivity contribution in [3.8, 4) is 5.75 Å². The summed E-state index contributed by atoms with van der Waals surface area (Å²) >= 11 is 0. The minimum Gasteiger partial charge on any atom is -0.489 e. The van der Waals surface area contributed by atoms with E-state index in [1.54, 1.807) is 11.0 Å². The van der Waals surface area contributed by atoms with Gasteiger partial charge in [0.1, 0.15) is 17.9 Å². The van der Waals surface area contributed by atoms with Crippen LogP contribution in [0.15, 0.2) is 30.5 Å². The number of hydrogen-bond acceptors (Lipinski definition) is 4. The quantitative estimate of drug-likeness (QED) is 0.609. The van der Waals surface area contributed by atoms with E-state index in [0.29, 0.717) is 42.9 Å². The van der Waals surface area contributed by atoms with Crippen molar-refractivity contribution >= 4 is 11.8 Å². The number of amides is 2. The number of nitrogens with one attached hydrogen (secondary N) is 2. The van der Waals surface area contributed by atoms with Gasteiger partial charge >= 0.3 is 0 Å². The van der Waals surface area contributed by atoms with Crippen LogP contribution in [0.3, 0.4) is 0 Å². The number of rotatable bonds is 6. The highest BCUT2D eigenvalue weighted by atomic mass is 19.3. The van der Waals surface area contributed by atoms with Gasteiger partial charge in [0.2, 0.25) is 11.8 Å². The molecule has 0 aromatic heterocycles. The predicted octanol–water partition coefficient (Wildman–Crippen LogP) is 4.15. The number of benzene rings is 1. The molecule has 34 heavy (non-hydrogen) atoms. The van der Waals surface area contributed by atoms with Gasteiger partial charge in [0, 0.05) is 36.7 Å². The van der Waals surface area contributed by atoms with E-state index in [9.17, 15) is 18.4 Å². The standard InChI is InChI=1S/C26H33F2N3O3/c1-16-7-10-22(24(32)30-16)31-15-18-11-19(8-9-20(18)25(31)33)34-23-6-4-2-3-5-21(23)29-14-17-12-26(27,28)13-17/h8-9,11,17,21-23,29H,1-7,10,12-15H2,(H,30,32)/t21-,22?,23-/m0/s1. The van der Waals surface area contributed by atoms with Gasteiger partial charge in [-0.1, -0.05) is 19.4 Å². The van der Waals surface area contributed by atoms with Crippen molar-refractivity contribution in [1.29, 1.82) is 0 Å². The lowest BCUT2D eigenvalue weighted by molar-refractivity contribution is -0.126. The number of alkyl halides is 2. The van der Waals surface area contributed by atoms with Crippen LogP contribution in [0.4, 0.5) is 8.78 Å². The van der Waals surface area contributed by atoms with E-state index in [4.69, 9.17) is 4.74 Å². The highest BCUT2D eigenvalue weighted by Gasteiger charge is 2.45. The highest BCUT2D eigenvalue weighted by Crippen LogP contribution is 2.42. The molecule has 1 aromatic rings. The summed E-state index contributed by atoms with van der Waals surface area (Å²) in [5, 5.41) is 6.28.